The standard InChI is InChI=1S/C13H18O4/c1-4-9(13(14)15)7-10-8-11(16-2)5-6-12(10)17-3/h5-6,8-9H,4,7H2,1-3H3,(H,14,15)/t9-/m0/s1. The van der Waals surface area contributed by atoms with Crippen molar-refractivity contribution < 1.29 is 19.4 Å². The molecule has 0 radical (unpaired) electrons. The average Bonchev–Trinajstić information content (AvgIpc) is 2.35. The van der Waals surface area contributed by atoms with Crippen LogP contribution in [0.2, 0.25) is 0 Å². The van der Waals surface area contributed by atoms with Crippen molar-refractivity contribution in [2.24, 2.45) is 5.92 Å². The van der Waals surface area contributed by atoms with Crippen LogP contribution in [0, 0.1) is 5.92 Å². The van der Waals surface area contributed by atoms with E-state index in [0.717, 1.165) is 5.56 Å². The molecule has 4 nitrogen and oxygen atoms in total. The number of aliphatic carboxylic acids is 1. The van der Waals surface area contributed by atoms with Crippen LogP contribution in [0.5, 0.6) is 11.5 Å². The monoisotopic (exact) mass is 238 g/mol. The first kappa shape index (κ1) is 13.4. The van der Waals surface area contributed by atoms with E-state index in [4.69, 9.17) is 14.6 Å². The summed E-state index contributed by atoms with van der Waals surface area (Å²) in [6.45, 7) is 1.87. The SMILES string of the molecule is CC[C@@H](Cc1cc(OC)ccc1OC)C(=O)O. The van der Waals surface area contributed by atoms with Gasteiger partial charge in [0.05, 0.1) is 20.1 Å². The summed E-state index contributed by atoms with van der Waals surface area (Å²) in [6, 6.07) is 5.41. The first-order chi connectivity index (χ1) is 8.12. The molecule has 1 N–H and O–H groups in total. The van der Waals surface area contributed by atoms with E-state index >= 15 is 0 Å². The zero-order chi connectivity index (χ0) is 12.8. The van der Waals surface area contributed by atoms with E-state index in [-0.39, 0.29) is 0 Å². The van der Waals surface area contributed by atoms with Crippen LogP contribution in [0.25, 0.3) is 0 Å². The highest BCUT2D eigenvalue weighted by molar-refractivity contribution is 5.70. The van der Waals surface area contributed by atoms with Crippen molar-refractivity contribution >= 4 is 5.97 Å². The Balaban J connectivity index is 2.97. The number of carboxylic acids is 1. The molecule has 1 rings (SSSR count). The molecule has 94 valence electrons. The third-order valence-corrected chi connectivity index (χ3v) is 2.80. The molecule has 1 aromatic rings. The minimum absolute atomic E-state index is 0.393. The van der Waals surface area contributed by atoms with Gasteiger partial charge in [-0.25, -0.2) is 0 Å². The van der Waals surface area contributed by atoms with Crippen LogP contribution in [-0.2, 0) is 11.2 Å². The van der Waals surface area contributed by atoms with Gasteiger partial charge in [-0.1, -0.05) is 6.92 Å². The van der Waals surface area contributed by atoms with Crippen molar-refractivity contribution in [3.63, 3.8) is 0 Å². The van der Waals surface area contributed by atoms with E-state index < -0.39 is 11.9 Å². The van der Waals surface area contributed by atoms with E-state index in [1.807, 2.05) is 13.0 Å². The summed E-state index contributed by atoms with van der Waals surface area (Å²) in [5.41, 5.74) is 0.862. The molecular formula is C13H18O4. The lowest BCUT2D eigenvalue weighted by atomic mass is 9.96. The fraction of sp³-hybridized carbons (Fsp3) is 0.462. The van der Waals surface area contributed by atoms with Crippen LogP contribution in [0.4, 0.5) is 0 Å². The van der Waals surface area contributed by atoms with Crippen LogP contribution in [0.3, 0.4) is 0 Å². The Bertz CT molecular complexity index is 387. The first-order valence-corrected chi connectivity index (χ1v) is 5.56. The maximum atomic E-state index is 11.0. The molecule has 1 atom stereocenters. The molecule has 0 unspecified atom stereocenters. The Hall–Kier alpha value is -1.71. The predicted octanol–water partition coefficient (Wildman–Crippen LogP) is 2.36. The fourth-order valence-electron chi connectivity index (χ4n) is 1.71. The van der Waals surface area contributed by atoms with Crippen LogP contribution in [0.1, 0.15) is 18.9 Å². The van der Waals surface area contributed by atoms with Crippen molar-refractivity contribution in [1.82, 2.24) is 0 Å². The summed E-state index contributed by atoms with van der Waals surface area (Å²) in [5.74, 6) is 0.236. The molecule has 0 saturated carbocycles. The first-order valence-electron chi connectivity index (χ1n) is 5.56. The van der Waals surface area contributed by atoms with Crippen molar-refractivity contribution in [3.05, 3.63) is 23.8 Å². The highest BCUT2D eigenvalue weighted by atomic mass is 16.5. The zero-order valence-electron chi connectivity index (χ0n) is 10.4. The molecule has 0 aliphatic carbocycles. The van der Waals surface area contributed by atoms with E-state index in [9.17, 15) is 4.79 Å². The molecule has 0 aromatic heterocycles. The van der Waals surface area contributed by atoms with Crippen molar-refractivity contribution in [2.75, 3.05) is 14.2 Å². The maximum absolute atomic E-state index is 11.0. The van der Waals surface area contributed by atoms with E-state index in [1.54, 1.807) is 26.4 Å². The van der Waals surface area contributed by atoms with Gasteiger partial charge in [0.15, 0.2) is 0 Å². The Labute approximate surface area is 101 Å². The number of hydrogen-bond donors (Lipinski definition) is 1. The third kappa shape index (κ3) is 3.37. The largest absolute Gasteiger partial charge is 0.497 e. The molecule has 0 saturated heterocycles. The highest BCUT2D eigenvalue weighted by Crippen LogP contribution is 2.27. The predicted molar refractivity (Wildman–Crippen MR) is 64.7 cm³/mol. The Morgan fingerprint density at radius 3 is 2.53 bits per heavy atom. The second-order valence-electron chi connectivity index (χ2n) is 3.83. The highest BCUT2D eigenvalue weighted by Gasteiger charge is 2.18. The number of benzene rings is 1. The Morgan fingerprint density at radius 1 is 1.35 bits per heavy atom. The minimum atomic E-state index is -0.780. The molecule has 1 aromatic carbocycles. The maximum Gasteiger partial charge on any atom is 0.306 e. The average molecular weight is 238 g/mol. The van der Waals surface area contributed by atoms with Crippen LogP contribution < -0.4 is 9.47 Å². The summed E-state index contributed by atoms with van der Waals surface area (Å²) in [4.78, 5) is 11.0. The molecule has 0 spiro atoms. The lowest BCUT2D eigenvalue weighted by molar-refractivity contribution is -0.141. The number of methoxy groups -OCH3 is 2. The number of ether oxygens (including phenoxy) is 2. The molecule has 0 aliphatic rings. The summed E-state index contributed by atoms with van der Waals surface area (Å²) >= 11 is 0. The lowest BCUT2D eigenvalue weighted by Gasteiger charge is -2.14. The summed E-state index contributed by atoms with van der Waals surface area (Å²) < 4.78 is 10.3. The molecule has 0 bridgehead atoms. The van der Waals surface area contributed by atoms with Gasteiger partial charge in [0.25, 0.3) is 0 Å². The van der Waals surface area contributed by atoms with Crippen molar-refractivity contribution in [2.45, 2.75) is 19.8 Å². The van der Waals surface area contributed by atoms with Crippen molar-refractivity contribution in [3.8, 4) is 11.5 Å². The lowest BCUT2D eigenvalue weighted by Crippen LogP contribution is -2.15. The molecule has 0 fully saturated rings. The van der Waals surface area contributed by atoms with Gasteiger partial charge in [0, 0.05) is 0 Å². The molecule has 4 heteroatoms. The van der Waals surface area contributed by atoms with Gasteiger partial charge < -0.3 is 14.6 Å². The minimum Gasteiger partial charge on any atom is -0.497 e. The van der Waals surface area contributed by atoms with E-state index in [2.05, 4.69) is 0 Å². The van der Waals surface area contributed by atoms with Crippen LogP contribution in [0.15, 0.2) is 18.2 Å². The second kappa shape index (κ2) is 6.13. The second-order valence-corrected chi connectivity index (χ2v) is 3.83. The number of hydrogen-bond acceptors (Lipinski definition) is 3. The van der Waals surface area contributed by atoms with Gasteiger partial charge in [0.2, 0.25) is 0 Å². The topological polar surface area (TPSA) is 55.8 Å². The molecule has 0 heterocycles. The van der Waals surface area contributed by atoms with Gasteiger partial charge >= 0.3 is 5.97 Å². The van der Waals surface area contributed by atoms with Crippen molar-refractivity contribution in [1.29, 1.82) is 0 Å². The van der Waals surface area contributed by atoms with E-state index in [1.165, 1.54) is 0 Å². The van der Waals surface area contributed by atoms with Gasteiger partial charge in [-0.05, 0) is 36.6 Å². The summed E-state index contributed by atoms with van der Waals surface area (Å²) in [6.07, 6.45) is 1.04. The normalized spacial score (nSPS) is 11.9. The smallest absolute Gasteiger partial charge is 0.306 e. The molecule has 0 amide bonds. The number of carbonyl (C=O) groups is 1. The van der Waals surface area contributed by atoms with Gasteiger partial charge in [-0.15, -0.1) is 0 Å². The quantitative estimate of drug-likeness (QED) is 0.826. The summed E-state index contributed by atoms with van der Waals surface area (Å²) in [7, 11) is 3.16. The third-order valence-electron chi connectivity index (χ3n) is 2.80. The molecular weight excluding hydrogens is 220 g/mol. The van der Waals surface area contributed by atoms with Crippen LogP contribution >= 0.6 is 0 Å². The number of rotatable bonds is 6. The molecule has 17 heavy (non-hydrogen) atoms. The Kier molecular flexibility index (Phi) is 4.82. The molecule has 0 aliphatic heterocycles. The van der Waals surface area contributed by atoms with Gasteiger partial charge in [-0.3, -0.25) is 4.79 Å². The summed E-state index contributed by atoms with van der Waals surface area (Å²) in [5, 5.41) is 9.05. The zero-order valence-corrected chi connectivity index (χ0v) is 10.4. The van der Waals surface area contributed by atoms with Gasteiger partial charge in [0.1, 0.15) is 11.5 Å². The fourth-order valence-corrected chi connectivity index (χ4v) is 1.71. The van der Waals surface area contributed by atoms with E-state index in [0.29, 0.717) is 24.3 Å². The Morgan fingerprint density at radius 2 is 2.06 bits per heavy atom. The number of carboxylic acid groups (broad SMARTS) is 1. The van der Waals surface area contributed by atoms with Crippen LogP contribution in [-0.4, -0.2) is 25.3 Å². The van der Waals surface area contributed by atoms with Gasteiger partial charge in [-0.2, -0.15) is 0 Å².